The standard InChI is InChI=1S/C18H24N4O2S/c1-24-16-6-3-2-5-15(16)22-12-10-21(11-13-22)9-8-19-18(23)20-17-7-4-14-25-17/h2-7,14H,8-13H2,1H3,(H2,19,20,23). The highest BCUT2D eigenvalue weighted by Gasteiger charge is 2.19. The van der Waals surface area contributed by atoms with Gasteiger partial charge >= 0.3 is 6.03 Å². The minimum absolute atomic E-state index is 0.143. The molecule has 25 heavy (non-hydrogen) atoms. The van der Waals surface area contributed by atoms with Crippen LogP contribution in [0.2, 0.25) is 0 Å². The number of hydrogen-bond donors (Lipinski definition) is 2. The summed E-state index contributed by atoms with van der Waals surface area (Å²) >= 11 is 1.52. The van der Waals surface area contributed by atoms with Crippen molar-refractivity contribution in [2.75, 3.05) is 56.6 Å². The molecule has 2 amide bonds. The van der Waals surface area contributed by atoms with Gasteiger partial charge in [-0.3, -0.25) is 10.2 Å². The smallest absolute Gasteiger partial charge is 0.319 e. The van der Waals surface area contributed by atoms with Gasteiger partial charge in [-0.25, -0.2) is 4.79 Å². The Labute approximate surface area is 152 Å². The van der Waals surface area contributed by atoms with Crippen LogP contribution in [0, 0.1) is 0 Å². The van der Waals surface area contributed by atoms with Crippen LogP contribution in [0.15, 0.2) is 41.8 Å². The second-order valence-corrected chi connectivity index (χ2v) is 6.81. The first-order valence-electron chi connectivity index (χ1n) is 8.45. The van der Waals surface area contributed by atoms with Crippen LogP contribution in [0.5, 0.6) is 5.75 Å². The van der Waals surface area contributed by atoms with E-state index in [1.165, 1.54) is 11.3 Å². The molecule has 0 atom stereocenters. The van der Waals surface area contributed by atoms with Crippen molar-refractivity contribution in [3.8, 4) is 5.75 Å². The van der Waals surface area contributed by atoms with Gasteiger partial charge in [0.25, 0.3) is 0 Å². The highest BCUT2D eigenvalue weighted by molar-refractivity contribution is 7.14. The first-order valence-corrected chi connectivity index (χ1v) is 9.33. The molecule has 0 unspecified atom stereocenters. The van der Waals surface area contributed by atoms with Gasteiger partial charge in [0, 0.05) is 39.3 Å². The van der Waals surface area contributed by atoms with Gasteiger partial charge in [-0.1, -0.05) is 12.1 Å². The Morgan fingerprint density at radius 3 is 2.68 bits per heavy atom. The molecular formula is C18H24N4O2S. The number of para-hydroxylation sites is 2. The second kappa shape index (κ2) is 8.73. The molecule has 1 aromatic heterocycles. The van der Waals surface area contributed by atoms with Gasteiger partial charge in [-0.2, -0.15) is 0 Å². The number of piperazine rings is 1. The molecule has 134 valence electrons. The Kier molecular flexibility index (Phi) is 6.14. The topological polar surface area (TPSA) is 56.8 Å². The van der Waals surface area contributed by atoms with Gasteiger partial charge in [-0.05, 0) is 29.6 Å². The molecule has 1 saturated heterocycles. The lowest BCUT2D eigenvalue weighted by Crippen LogP contribution is -2.48. The molecule has 0 saturated carbocycles. The minimum Gasteiger partial charge on any atom is -0.495 e. The van der Waals surface area contributed by atoms with Gasteiger partial charge in [0.15, 0.2) is 0 Å². The fraction of sp³-hybridized carbons (Fsp3) is 0.389. The normalized spacial score (nSPS) is 15.0. The number of carbonyl (C=O) groups is 1. The molecule has 2 heterocycles. The second-order valence-electron chi connectivity index (χ2n) is 5.86. The zero-order chi connectivity index (χ0) is 17.5. The summed E-state index contributed by atoms with van der Waals surface area (Å²) in [4.78, 5) is 16.5. The van der Waals surface area contributed by atoms with E-state index in [4.69, 9.17) is 4.74 Å². The first-order chi connectivity index (χ1) is 12.3. The summed E-state index contributed by atoms with van der Waals surface area (Å²) in [6.45, 7) is 5.38. The third-order valence-electron chi connectivity index (χ3n) is 4.27. The van der Waals surface area contributed by atoms with E-state index in [0.717, 1.165) is 49.2 Å². The van der Waals surface area contributed by atoms with Crippen LogP contribution in [-0.2, 0) is 0 Å². The number of methoxy groups -OCH3 is 1. The van der Waals surface area contributed by atoms with Gasteiger partial charge in [0.2, 0.25) is 0 Å². The minimum atomic E-state index is -0.143. The molecule has 7 heteroatoms. The molecule has 1 fully saturated rings. The maximum Gasteiger partial charge on any atom is 0.319 e. The van der Waals surface area contributed by atoms with E-state index in [9.17, 15) is 4.79 Å². The van der Waals surface area contributed by atoms with E-state index in [1.807, 2.05) is 35.7 Å². The summed E-state index contributed by atoms with van der Waals surface area (Å²) in [6.07, 6.45) is 0. The maximum absolute atomic E-state index is 11.8. The summed E-state index contributed by atoms with van der Waals surface area (Å²) in [6, 6.07) is 11.8. The number of benzene rings is 1. The molecule has 2 aromatic rings. The van der Waals surface area contributed by atoms with Crippen molar-refractivity contribution in [3.63, 3.8) is 0 Å². The van der Waals surface area contributed by atoms with Crippen LogP contribution < -0.4 is 20.3 Å². The lowest BCUT2D eigenvalue weighted by Gasteiger charge is -2.36. The van der Waals surface area contributed by atoms with Crippen molar-refractivity contribution in [2.24, 2.45) is 0 Å². The SMILES string of the molecule is COc1ccccc1N1CCN(CCNC(=O)Nc2cccs2)CC1. The van der Waals surface area contributed by atoms with E-state index < -0.39 is 0 Å². The number of nitrogens with one attached hydrogen (secondary N) is 2. The summed E-state index contributed by atoms with van der Waals surface area (Å²) in [5.41, 5.74) is 1.15. The van der Waals surface area contributed by atoms with Crippen molar-refractivity contribution in [1.29, 1.82) is 0 Å². The van der Waals surface area contributed by atoms with Crippen molar-refractivity contribution < 1.29 is 9.53 Å². The van der Waals surface area contributed by atoms with Crippen LogP contribution in [-0.4, -0.2) is 57.3 Å². The number of ether oxygens (including phenoxy) is 1. The summed E-state index contributed by atoms with van der Waals surface area (Å²) in [5.74, 6) is 0.919. The molecule has 2 N–H and O–H groups in total. The zero-order valence-corrected chi connectivity index (χ0v) is 15.2. The van der Waals surface area contributed by atoms with Crippen LogP contribution in [0.1, 0.15) is 0 Å². The molecule has 3 rings (SSSR count). The van der Waals surface area contributed by atoms with E-state index in [2.05, 4.69) is 26.5 Å². The number of anilines is 2. The first kappa shape index (κ1) is 17.6. The van der Waals surface area contributed by atoms with Gasteiger partial charge in [0.1, 0.15) is 5.75 Å². The fourth-order valence-electron chi connectivity index (χ4n) is 2.94. The monoisotopic (exact) mass is 360 g/mol. The Morgan fingerprint density at radius 1 is 1.16 bits per heavy atom. The molecule has 0 aliphatic carbocycles. The van der Waals surface area contributed by atoms with E-state index in [1.54, 1.807) is 7.11 Å². The quantitative estimate of drug-likeness (QED) is 0.832. The number of carbonyl (C=O) groups excluding carboxylic acids is 1. The molecule has 1 aromatic carbocycles. The predicted octanol–water partition coefficient (Wildman–Crippen LogP) is 2.70. The van der Waals surface area contributed by atoms with Crippen LogP contribution in [0.3, 0.4) is 0 Å². The maximum atomic E-state index is 11.8. The van der Waals surface area contributed by atoms with Crippen molar-refractivity contribution in [2.45, 2.75) is 0 Å². The molecule has 1 aliphatic heterocycles. The summed E-state index contributed by atoms with van der Waals surface area (Å²) < 4.78 is 5.45. The van der Waals surface area contributed by atoms with Crippen LogP contribution in [0.25, 0.3) is 0 Å². The Balaban J connectivity index is 1.38. The lowest BCUT2D eigenvalue weighted by molar-refractivity contribution is 0.240. The highest BCUT2D eigenvalue weighted by atomic mass is 32.1. The molecule has 1 aliphatic rings. The van der Waals surface area contributed by atoms with Crippen molar-refractivity contribution in [3.05, 3.63) is 41.8 Å². The molecule has 6 nitrogen and oxygen atoms in total. The average Bonchev–Trinajstić information content (AvgIpc) is 3.15. The largest absolute Gasteiger partial charge is 0.495 e. The lowest BCUT2D eigenvalue weighted by atomic mass is 10.2. The molecular weight excluding hydrogens is 336 g/mol. The van der Waals surface area contributed by atoms with Gasteiger partial charge in [0.05, 0.1) is 17.8 Å². The molecule has 0 bridgehead atoms. The Hall–Kier alpha value is -2.25. The number of rotatable bonds is 6. The summed E-state index contributed by atoms with van der Waals surface area (Å²) in [7, 11) is 1.71. The third kappa shape index (κ3) is 4.87. The predicted molar refractivity (Wildman–Crippen MR) is 103 cm³/mol. The number of thiophene rings is 1. The highest BCUT2D eigenvalue weighted by Crippen LogP contribution is 2.28. The van der Waals surface area contributed by atoms with Gasteiger partial charge < -0.3 is 15.0 Å². The molecule has 0 radical (unpaired) electrons. The van der Waals surface area contributed by atoms with E-state index in [0.29, 0.717) is 6.54 Å². The summed E-state index contributed by atoms with van der Waals surface area (Å²) in [5, 5.41) is 8.54. The van der Waals surface area contributed by atoms with Crippen molar-refractivity contribution >= 4 is 28.1 Å². The van der Waals surface area contributed by atoms with E-state index >= 15 is 0 Å². The number of urea groups is 1. The fourth-order valence-corrected chi connectivity index (χ4v) is 3.55. The third-order valence-corrected chi connectivity index (χ3v) is 5.05. The Bertz CT molecular complexity index is 669. The number of nitrogens with zero attached hydrogens (tertiary/aromatic N) is 2. The van der Waals surface area contributed by atoms with Gasteiger partial charge in [-0.15, -0.1) is 11.3 Å². The van der Waals surface area contributed by atoms with Crippen LogP contribution in [0.4, 0.5) is 15.5 Å². The van der Waals surface area contributed by atoms with Crippen LogP contribution >= 0.6 is 11.3 Å². The average molecular weight is 360 g/mol. The number of amides is 2. The Morgan fingerprint density at radius 2 is 1.96 bits per heavy atom. The van der Waals surface area contributed by atoms with Crippen molar-refractivity contribution in [1.82, 2.24) is 10.2 Å². The number of hydrogen-bond acceptors (Lipinski definition) is 5. The molecule has 0 spiro atoms. The zero-order valence-electron chi connectivity index (χ0n) is 14.4. The van der Waals surface area contributed by atoms with E-state index in [-0.39, 0.29) is 6.03 Å².